The minimum absolute atomic E-state index is 0.837. The number of hydrogen-bond donors (Lipinski definition) is 1. The van der Waals surface area contributed by atoms with Gasteiger partial charge < -0.3 is 5.32 Å². The highest BCUT2D eigenvalue weighted by Crippen LogP contribution is 2.36. The molecule has 2 aromatic heterocycles. The Labute approximate surface area is 155 Å². The van der Waals surface area contributed by atoms with Gasteiger partial charge in [-0.1, -0.05) is 13.5 Å². The van der Waals surface area contributed by atoms with E-state index in [2.05, 4.69) is 78.4 Å². The summed E-state index contributed by atoms with van der Waals surface area (Å²) in [6.07, 6.45) is 1.72. The van der Waals surface area contributed by atoms with Crippen LogP contribution in [0, 0.1) is 17.4 Å². The van der Waals surface area contributed by atoms with Crippen LogP contribution in [0.5, 0.6) is 0 Å². The van der Waals surface area contributed by atoms with Gasteiger partial charge in [-0.05, 0) is 71.3 Å². The Bertz CT molecular complexity index is 1000. The molecule has 0 fully saturated rings. The summed E-state index contributed by atoms with van der Waals surface area (Å²) in [6, 6.07) is 6.68. The molecule has 1 N–H and O–H groups in total. The van der Waals surface area contributed by atoms with Crippen molar-refractivity contribution in [3.63, 3.8) is 0 Å². The lowest BCUT2D eigenvalue weighted by molar-refractivity contribution is 0.887. The van der Waals surface area contributed by atoms with Gasteiger partial charge >= 0.3 is 0 Å². The monoisotopic (exact) mass is 430 g/mol. The normalized spacial score (nSPS) is 13.4. The first-order valence-electron chi connectivity index (χ1n) is 8.11. The summed E-state index contributed by atoms with van der Waals surface area (Å²) in [5.74, 6) is 0.884. The molecule has 4 rings (SSSR count). The van der Waals surface area contributed by atoms with E-state index in [9.17, 15) is 0 Å². The van der Waals surface area contributed by atoms with Crippen LogP contribution in [0.4, 0.5) is 5.69 Å². The van der Waals surface area contributed by atoms with Crippen LogP contribution in [0.2, 0.25) is 0 Å². The molecule has 3 heterocycles. The van der Waals surface area contributed by atoms with Gasteiger partial charge in [-0.3, -0.25) is 0 Å². The van der Waals surface area contributed by atoms with E-state index in [1.165, 1.54) is 25.9 Å². The van der Waals surface area contributed by atoms with Crippen molar-refractivity contribution in [1.82, 2.24) is 14.6 Å². The Hall–Kier alpha value is -1.89. The van der Waals surface area contributed by atoms with Gasteiger partial charge in [-0.15, -0.1) is 0 Å². The molecule has 0 radical (unpaired) electrons. The van der Waals surface area contributed by atoms with E-state index in [1.807, 2.05) is 4.52 Å². The van der Waals surface area contributed by atoms with E-state index in [1.54, 1.807) is 0 Å². The zero-order valence-electron chi connectivity index (χ0n) is 14.1. The van der Waals surface area contributed by atoms with Gasteiger partial charge in [0, 0.05) is 33.4 Å². The van der Waals surface area contributed by atoms with Crippen LogP contribution in [0.25, 0.3) is 16.9 Å². The van der Waals surface area contributed by atoms with Crippen LogP contribution in [-0.4, -0.2) is 14.6 Å². The predicted molar refractivity (Wildman–Crippen MR) is 106 cm³/mol. The molecule has 0 spiro atoms. The third kappa shape index (κ3) is 2.33. The number of aryl methyl sites for hydroxylation is 3. The van der Waals surface area contributed by atoms with E-state index in [0.29, 0.717) is 0 Å². The fourth-order valence-electron chi connectivity index (χ4n) is 3.37. The highest BCUT2D eigenvalue weighted by molar-refractivity contribution is 14.1. The topological polar surface area (TPSA) is 42.2 Å². The van der Waals surface area contributed by atoms with Crippen molar-refractivity contribution in [2.75, 3.05) is 5.32 Å². The highest BCUT2D eigenvalue weighted by Gasteiger charge is 2.20. The smallest absolute Gasteiger partial charge is 0.159 e. The van der Waals surface area contributed by atoms with E-state index in [4.69, 9.17) is 5.10 Å². The third-order valence-corrected chi connectivity index (χ3v) is 5.32. The van der Waals surface area contributed by atoms with Crippen molar-refractivity contribution in [3.8, 4) is 11.3 Å². The van der Waals surface area contributed by atoms with Gasteiger partial charge in [-0.25, -0.2) is 9.50 Å². The van der Waals surface area contributed by atoms with Crippen LogP contribution >= 0.6 is 22.6 Å². The zero-order chi connectivity index (χ0) is 17.0. The first kappa shape index (κ1) is 15.6. The number of nitrogens with one attached hydrogen (secondary N) is 1. The number of anilines is 1. The van der Waals surface area contributed by atoms with Gasteiger partial charge in [0.05, 0.1) is 5.69 Å². The molecule has 0 unspecified atom stereocenters. The quantitative estimate of drug-likeness (QED) is 0.602. The largest absolute Gasteiger partial charge is 0.359 e. The third-order valence-electron chi connectivity index (χ3n) is 4.50. The lowest BCUT2D eigenvalue weighted by atomic mass is 10.0. The highest BCUT2D eigenvalue weighted by atomic mass is 127. The predicted octanol–water partition coefficient (Wildman–Crippen LogP) is 4.66. The SMILES string of the molecule is C=C1Cc2cc(-c3c(I)cc(C)c4nc(CC)nn34)cc(C)c2N1. The minimum Gasteiger partial charge on any atom is -0.359 e. The first-order valence-corrected chi connectivity index (χ1v) is 9.19. The molecule has 0 saturated carbocycles. The molecule has 0 saturated heterocycles. The molecule has 1 aliphatic rings. The number of nitrogens with zero attached hydrogens (tertiary/aromatic N) is 3. The number of hydrogen-bond acceptors (Lipinski definition) is 3. The van der Waals surface area contributed by atoms with Gasteiger partial charge in [0.15, 0.2) is 11.5 Å². The number of pyridine rings is 1. The summed E-state index contributed by atoms with van der Waals surface area (Å²) in [4.78, 5) is 4.69. The fraction of sp³-hybridized carbons (Fsp3) is 0.263. The van der Waals surface area contributed by atoms with Gasteiger partial charge in [0.25, 0.3) is 0 Å². The molecular weight excluding hydrogens is 411 g/mol. The Morgan fingerprint density at radius 1 is 1.25 bits per heavy atom. The van der Waals surface area contributed by atoms with Crippen molar-refractivity contribution < 1.29 is 0 Å². The Kier molecular flexibility index (Phi) is 3.63. The standard InChI is InChI=1S/C19H19IN4/c1-5-16-22-19-11(3)7-15(20)18(24(19)23-16)14-6-10(2)17-13(9-14)8-12(4)21-17/h6-7,9,21H,4-5,8H2,1-3H3. The fourth-order valence-corrected chi connectivity index (χ4v) is 4.37. The number of benzene rings is 1. The molecule has 3 aromatic rings. The number of aromatic nitrogens is 3. The molecule has 1 aromatic carbocycles. The maximum absolute atomic E-state index is 4.73. The molecule has 5 heteroatoms. The molecule has 0 bridgehead atoms. The molecule has 0 atom stereocenters. The van der Waals surface area contributed by atoms with Crippen LogP contribution in [-0.2, 0) is 12.8 Å². The Morgan fingerprint density at radius 3 is 2.79 bits per heavy atom. The Morgan fingerprint density at radius 2 is 2.04 bits per heavy atom. The first-order chi connectivity index (χ1) is 11.5. The van der Waals surface area contributed by atoms with Crippen molar-refractivity contribution in [2.24, 2.45) is 0 Å². The van der Waals surface area contributed by atoms with E-state index < -0.39 is 0 Å². The summed E-state index contributed by atoms with van der Waals surface area (Å²) >= 11 is 2.40. The number of halogens is 1. The minimum atomic E-state index is 0.837. The van der Waals surface area contributed by atoms with Crippen LogP contribution in [0.1, 0.15) is 29.4 Å². The van der Waals surface area contributed by atoms with E-state index in [0.717, 1.165) is 41.3 Å². The molecule has 4 nitrogen and oxygen atoms in total. The number of allylic oxidation sites excluding steroid dienone is 1. The van der Waals surface area contributed by atoms with Crippen LogP contribution in [0.3, 0.4) is 0 Å². The molecule has 0 aliphatic carbocycles. The molecule has 122 valence electrons. The summed E-state index contributed by atoms with van der Waals surface area (Å²) < 4.78 is 3.20. The summed E-state index contributed by atoms with van der Waals surface area (Å²) in [5, 5.41) is 8.12. The summed E-state index contributed by atoms with van der Waals surface area (Å²) in [7, 11) is 0. The van der Waals surface area contributed by atoms with Crippen molar-refractivity contribution in [1.29, 1.82) is 0 Å². The molecule has 1 aliphatic heterocycles. The molecular formula is C19H19IN4. The lowest BCUT2D eigenvalue weighted by Crippen LogP contribution is -2.01. The van der Waals surface area contributed by atoms with E-state index >= 15 is 0 Å². The maximum Gasteiger partial charge on any atom is 0.159 e. The van der Waals surface area contributed by atoms with Crippen molar-refractivity contribution in [2.45, 2.75) is 33.6 Å². The van der Waals surface area contributed by atoms with E-state index in [-0.39, 0.29) is 0 Å². The summed E-state index contributed by atoms with van der Waals surface area (Å²) in [6.45, 7) is 10.4. The second-order valence-corrected chi connectivity index (χ2v) is 7.54. The van der Waals surface area contributed by atoms with Gasteiger partial charge in [0.1, 0.15) is 0 Å². The lowest BCUT2D eigenvalue weighted by Gasteiger charge is -2.12. The average Bonchev–Trinajstić information content (AvgIpc) is 3.10. The average molecular weight is 430 g/mol. The zero-order valence-corrected chi connectivity index (χ0v) is 16.2. The number of rotatable bonds is 2. The maximum atomic E-state index is 4.73. The summed E-state index contributed by atoms with van der Waals surface area (Å²) in [5.41, 5.74) is 9.21. The number of fused-ring (bicyclic) bond motifs is 2. The van der Waals surface area contributed by atoms with Gasteiger partial charge in [-0.2, -0.15) is 5.10 Å². The second-order valence-electron chi connectivity index (χ2n) is 6.37. The van der Waals surface area contributed by atoms with Crippen LogP contribution in [0.15, 0.2) is 30.5 Å². The molecule has 0 amide bonds. The molecule has 24 heavy (non-hydrogen) atoms. The van der Waals surface area contributed by atoms with Crippen molar-refractivity contribution in [3.05, 3.63) is 56.6 Å². The van der Waals surface area contributed by atoms with Gasteiger partial charge in [0.2, 0.25) is 0 Å². The Balaban J connectivity index is 2.01. The van der Waals surface area contributed by atoms with Crippen LogP contribution < -0.4 is 5.32 Å². The second kappa shape index (κ2) is 5.58. The van der Waals surface area contributed by atoms with Crippen molar-refractivity contribution >= 4 is 33.9 Å².